The average Bonchev–Trinajstić information content (AvgIpc) is 2.98. The topological polar surface area (TPSA) is 51.6 Å². The summed E-state index contributed by atoms with van der Waals surface area (Å²) < 4.78 is 0.951. The second-order valence-electron chi connectivity index (χ2n) is 8.58. The fourth-order valence-electron chi connectivity index (χ4n) is 4.22. The maximum absolute atomic E-state index is 4.92. The predicted octanol–water partition coefficient (Wildman–Crippen LogP) is 8.36. The minimum Gasteiger partial charge on any atom is -0.265 e. The Kier molecular flexibility index (Phi) is 6.36. The van der Waals surface area contributed by atoms with Crippen molar-refractivity contribution in [2.24, 2.45) is 0 Å². The normalized spacial score (nSPS) is 10.8. The molecule has 0 saturated carbocycles. The van der Waals surface area contributed by atoms with Crippen LogP contribution in [0.15, 0.2) is 132 Å². The summed E-state index contributed by atoms with van der Waals surface area (Å²) in [6, 6.07) is 38.9. The number of hydrogen-bond acceptors (Lipinski definition) is 4. The van der Waals surface area contributed by atoms with Crippen LogP contribution < -0.4 is 0 Å². The zero-order chi connectivity index (χ0) is 25.0. The summed E-state index contributed by atoms with van der Waals surface area (Å²) in [5.74, 6) is 1.89. The third kappa shape index (κ3) is 5.08. The Bertz CT molecular complexity index is 1650. The number of nitrogens with zero attached hydrogens (tertiary/aromatic N) is 4. The third-order valence-electron chi connectivity index (χ3n) is 6.09. The molecule has 0 saturated heterocycles. The molecular formula is C32H21BrN4. The summed E-state index contributed by atoms with van der Waals surface area (Å²) in [5.41, 5.74) is 7.24. The first kappa shape index (κ1) is 23.0. The molecule has 0 radical (unpaired) electrons. The van der Waals surface area contributed by atoms with Crippen molar-refractivity contribution in [2.75, 3.05) is 0 Å². The highest BCUT2D eigenvalue weighted by Gasteiger charge is 2.14. The van der Waals surface area contributed by atoms with Gasteiger partial charge in [-0.2, -0.15) is 0 Å². The molecule has 0 spiro atoms. The molecule has 0 amide bonds. The number of rotatable bonds is 5. The summed E-state index contributed by atoms with van der Waals surface area (Å²) in [4.78, 5) is 18.8. The zero-order valence-electron chi connectivity index (χ0n) is 19.8. The number of pyridine rings is 1. The van der Waals surface area contributed by atoms with E-state index >= 15 is 0 Å². The van der Waals surface area contributed by atoms with Gasteiger partial charge in [0.1, 0.15) is 0 Å². The number of benzene rings is 4. The maximum Gasteiger partial charge on any atom is 0.164 e. The van der Waals surface area contributed by atoms with Crippen LogP contribution in [-0.2, 0) is 0 Å². The molecular weight excluding hydrogens is 520 g/mol. The van der Waals surface area contributed by atoms with Crippen molar-refractivity contribution in [3.63, 3.8) is 0 Å². The molecule has 0 fully saturated rings. The quantitative estimate of drug-likeness (QED) is 0.220. The molecule has 2 heterocycles. The van der Waals surface area contributed by atoms with E-state index in [2.05, 4.69) is 69.4 Å². The monoisotopic (exact) mass is 540 g/mol. The molecule has 0 unspecified atom stereocenters. The molecule has 0 atom stereocenters. The predicted molar refractivity (Wildman–Crippen MR) is 153 cm³/mol. The Balaban J connectivity index is 1.47. The smallest absolute Gasteiger partial charge is 0.164 e. The summed E-state index contributed by atoms with van der Waals surface area (Å²) in [6.45, 7) is 0. The summed E-state index contributed by atoms with van der Waals surface area (Å²) in [6.07, 6.45) is 3.59. The Morgan fingerprint density at radius 2 is 0.811 bits per heavy atom. The van der Waals surface area contributed by atoms with Crippen LogP contribution in [0.4, 0.5) is 0 Å². The van der Waals surface area contributed by atoms with Crippen LogP contribution in [0.25, 0.3) is 56.4 Å². The molecule has 37 heavy (non-hydrogen) atoms. The van der Waals surface area contributed by atoms with Crippen LogP contribution in [0.2, 0.25) is 0 Å². The van der Waals surface area contributed by atoms with Crippen LogP contribution >= 0.6 is 15.9 Å². The van der Waals surface area contributed by atoms with Gasteiger partial charge in [-0.3, -0.25) is 4.98 Å². The van der Waals surface area contributed by atoms with Gasteiger partial charge in [0, 0.05) is 33.6 Å². The minimum atomic E-state index is 0.618. The second-order valence-corrected chi connectivity index (χ2v) is 9.50. The lowest BCUT2D eigenvalue weighted by molar-refractivity contribution is 1.07. The molecule has 4 aromatic carbocycles. The molecule has 0 aliphatic heterocycles. The summed E-state index contributed by atoms with van der Waals surface area (Å²) in [7, 11) is 0. The van der Waals surface area contributed by atoms with Crippen molar-refractivity contribution >= 4 is 15.9 Å². The van der Waals surface area contributed by atoms with Gasteiger partial charge in [0.25, 0.3) is 0 Å². The highest BCUT2D eigenvalue weighted by Crippen LogP contribution is 2.31. The molecule has 0 aliphatic carbocycles. The van der Waals surface area contributed by atoms with Crippen molar-refractivity contribution in [1.82, 2.24) is 19.9 Å². The molecule has 176 valence electrons. The van der Waals surface area contributed by atoms with Crippen LogP contribution in [0, 0.1) is 0 Å². The van der Waals surface area contributed by atoms with E-state index in [1.807, 2.05) is 66.7 Å². The van der Waals surface area contributed by atoms with E-state index in [0.29, 0.717) is 17.5 Å². The van der Waals surface area contributed by atoms with E-state index in [4.69, 9.17) is 15.0 Å². The van der Waals surface area contributed by atoms with Crippen molar-refractivity contribution in [2.45, 2.75) is 0 Å². The second kappa shape index (κ2) is 10.2. The van der Waals surface area contributed by atoms with Crippen molar-refractivity contribution < 1.29 is 0 Å². The van der Waals surface area contributed by atoms with Gasteiger partial charge >= 0.3 is 0 Å². The molecule has 4 nitrogen and oxygen atoms in total. The molecule has 6 aromatic rings. The van der Waals surface area contributed by atoms with Crippen molar-refractivity contribution in [1.29, 1.82) is 0 Å². The van der Waals surface area contributed by atoms with Gasteiger partial charge in [0.15, 0.2) is 17.5 Å². The fourth-order valence-corrected chi connectivity index (χ4v) is 4.72. The average molecular weight is 541 g/mol. The fraction of sp³-hybridized carbons (Fsp3) is 0. The van der Waals surface area contributed by atoms with E-state index in [-0.39, 0.29) is 0 Å². The van der Waals surface area contributed by atoms with Gasteiger partial charge in [-0.1, -0.05) is 101 Å². The molecule has 0 N–H and O–H groups in total. The van der Waals surface area contributed by atoms with Gasteiger partial charge in [-0.05, 0) is 52.6 Å². The van der Waals surface area contributed by atoms with E-state index in [1.165, 1.54) is 5.56 Å². The Labute approximate surface area is 223 Å². The SMILES string of the molecule is Brc1cc(-c2ccncc2)cc(-c2nc(-c3ccccc3)nc(-c3ccc(-c4ccccc4)cc3)n2)c1. The Morgan fingerprint density at radius 3 is 1.43 bits per heavy atom. The number of hydrogen-bond donors (Lipinski definition) is 0. The van der Waals surface area contributed by atoms with Crippen LogP contribution in [0.1, 0.15) is 0 Å². The Hall–Kier alpha value is -4.48. The van der Waals surface area contributed by atoms with Crippen LogP contribution in [0.3, 0.4) is 0 Å². The minimum absolute atomic E-state index is 0.618. The molecule has 0 bridgehead atoms. The molecule has 2 aromatic heterocycles. The van der Waals surface area contributed by atoms with Crippen molar-refractivity contribution in [3.05, 3.63) is 132 Å². The lowest BCUT2D eigenvalue weighted by atomic mass is 10.0. The largest absolute Gasteiger partial charge is 0.265 e. The summed E-state index contributed by atoms with van der Waals surface area (Å²) in [5, 5.41) is 0. The molecule has 6 rings (SSSR count). The number of aromatic nitrogens is 4. The number of halogens is 1. The maximum atomic E-state index is 4.92. The van der Waals surface area contributed by atoms with Crippen LogP contribution in [-0.4, -0.2) is 19.9 Å². The van der Waals surface area contributed by atoms with E-state index < -0.39 is 0 Å². The zero-order valence-corrected chi connectivity index (χ0v) is 21.4. The van der Waals surface area contributed by atoms with Gasteiger partial charge in [-0.15, -0.1) is 0 Å². The lowest BCUT2D eigenvalue weighted by Gasteiger charge is -2.11. The third-order valence-corrected chi connectivity index (χ3v) is 6.55. The first-order valence-corrected chi connectivity index (χ1v) is 12.7. The van der Waals surface area contributed by atoms with Gasteiger partial charge < -0.3 is 0 Å². The van der Waals surface area contributed by atoms with Crippen LogP contribution in [0.5, 0.6) is 0 Å². The first-order valence-electron chi connectivity index (χ1n) is 11.9. The summed E-state index contributed by atoms with van der Waals surface area (Å²) >= 11 is 3.68. The van der Waals surface area contributed by atoms with E-state index in [9.17, 15) is 0 Å². The highest BCUT2D eigenvalue weighted by molar-refractivity contribution is 9.10. The lowest BCUT2D eigenvalue weighted by Crippen LogP contribution is -2.00. The standard InChI is InChI=1S/C32H21BrN4/c33-29-20-27(24-15-17-34-18-16-24)19-28(21-29)32-36-30(25-9-5-2-6-10-25)35-31(37-32)26-13-11-23(12-14-26)22-7-3-1-4-8-22/h1-21H. The van der Waals surface area contributed by atoms with Gasteiger partial charge in [0.2, 0.25) is 0 Å². The highest BCUT2D eigenvalue weighted by atomic mass is 79.9. The first-order chi connectivity index (χ1) is 18.2. The molecule has 0 aliphatic rings. The van der Waals surface area contributed by atoms with E-state index in [1.54, 1.807) is 12.4 Å². The van der Waals surface area contributed by atoms with E-state index in [0.717, 1.165) is 37.9 Å². The van der Waals surface area contributed by atoms with Gasteiger partial charge in [0.05, 0.1) is 0 Å². The van der Waals surface area contributed by atoms with Crippen molar-refractivity contribution in [3.8, 4) is 56.4 Å². The molecule has 5 heteroatoms. The Morgan fingerprint density at radius 1 is 0.378 bits per heavy atom. The van der Waals surface area contributed by atoms with Gasteiger partial charge in [-0.25, -0.2) is 15.0 Å².